The average molecular weight is 388 g/mol. The van der Waals surface area contributed by atoms with Gasteiger partial charge in [0.2, 0.25) is 5.06 Å². The van der Waals surface area contributed by atoms with E-state index in [4.69, 9.17) is 10.5 Å². The molecule has 0 aliphatic carbocycles. The third kappa shape index (κ3) is 4.20. The maximum atomic E-state index is 13.2. The largest absolute Gasteiger partial charge is 0.476 e. The lowest BCUT2D eigenvalue weighted by Gasteiger charge is -2.10. The molecule has 9 heteroatoms. The van der Waals surface area contributed by atoms with Gasteiger partial charge in [0, 0.05) is 11.6 Å². The highest BCUT2D eigenvalue weighted by molar-refractivity contribution is 7.15. The van der Waals surface area contributed by atoms with Gasteiger partial charge in [-0.25, -0.2) is 14.1 Å². The molecule has 0 unspecified atom stereocenters. The van der Waals surface area contributed by atoms with E-state index in [0.717, 1.165) is 11.3 Å². The lowest BCUT2D eigenvalue weighted by Crippen LogP contribution is -2.25. The Morgan fingerprint density at radius 2 is 1.96 bits per heavy atom. The third-order valence-corrected chi connectivity index (χ3v) is 4.63. The molecule has 0 spiro atoms. The summed E-state index contributed by atoms with van der Waals surface area (Å²) in [5.74, 6) is -1.06. The van der Waals surface area contributed by atoms with E-state index >= 15 is 0 Å². The van der Waals surface area contributed by atoms with Crippen LogP contribution in [0.15, 0.2) is 41.2 Å². The Labute approximate surface area is 158 Å². The van der Waals surface area contributed by atoms with E-state index in [0.29, 0.717) is 22.0 Å². The molecule has 2 heterocycles. The predicted molar refractivity (Wildman–Crippen MR) is 99.2 cm³/mol. The van der Waals surface area contributed by atoms with Crippen molar-refractivity contribution in [3.05, 3.63) is 63.3 Å². The van der Waals surface area contributed by atoms with E-state index in [-0.39, 0.29) is 29.0 Å². The molecule has 0 bridgehead atoms. The zero-order valence-corrected chi connectivity index (χ0v) is 15.5. The second-order valence-corrected chi connectivity index (χ2v) is 6.98. The number of nitrogens with zero attached hydrogens (tertiary/aromatic N) is 3. The van der Waals surface area contributed by atoms with Gasteiger partial charge in [-0.15, -0.1) is 0 Å². The summed E-state index contributed by atoms with van der Waals surface area (Å²) >= 11 is 1.00. The molecular weight excluding hydrogens is 371 g/mol. The molecule has 0 saturated carbocycles. The number of nitrogens with two attached hydrogens (primary N) is 1. The summed E-state index contributed by atoms with van der Waals surface area (Å²) in [5.41, 5.74) is 6.65. The fourth-order valence-corrected chi connectivity index (χ4v) is 3.14. The standard InChI is InChI=1S/C18H17FN4O3S/c1-10(2)23-14(24)8-7-13(22-23)9-26-18-15(21-17(27-18)16(20)25)11-3-5-12(19)6-4-11/h3-8,10H,9H2,1-2H3,(H2,20,25). The molecule has 140 valence electrons. The molecule has 0 aliphatic heterocycles. The van der Waals surface area contributed by atoms with E-state index in [1.54, 1.807) is 18.2 Å². The molecule has 0 fully saturated rings. The van der Waals surface area contributed by atoms with Gasteiger partial charge in [0.25, 0.3) is 11.5 Å². The minimum Gasteiger partial charge on any atom is -0.476 e. The van der Waals surface area contributed by atoms with Crippen molar-refractivity contribution < 1.29 is 13.9 Å². The number of hydrogen-bond donors (Lipinski definition) is 1. The lowest BCUT2D eigenvalue weighted by molar-refractivity contribution is 0.1000. The maximum Gasteiger partial charge on any atom is 0.277 e. The zero-order chi connectivity index (χ0) is 19.6. The van der Waals surface area contributed by atoms with Crippen molar-refractivity contribution >= 4 is 17.2 Å². The van der Waals surface area contributed by atoms with Crippen LogP contribution in [0, 0.1) is 5.82 Å². The Hall–Kier alpha value is -3.07. The first-order valence-corrected chi connectivity index (χ1v) is 8.95. The van der Waals surface area contributed by atoms with Gasteiger partial charge in [0.15, 0.2) is 5.01 Å². The minimum absolute atomic E-state index is 0.0710. The highest BCUT2D eigenvalue weighted by atomic mass is 32.1. The second kappa shape index (κ2) is 7.67. The molecule has 1 aromatic carbocycles. The summed E-state index contributed by atoms with van der Waals surface area (Å²) in [6.07, 6.45) is 0. The minimum atomic E-state index is -0.676. The van der Waals surface area contributed by atoms with E-state index in [2.05, 4.69) is 10.1 Å². The first-order chi connectivity index (χ1) is 12.8. The van der Waals surface area contributed by atoms with Crippen LogP contribution in [0.1, 0.15) is 35.4 Å². The number of halogens is 1. The number of amides is 1. The summed E-state index contributed by atoms with van der Waals surface area (Å²) < 4.78 is 20.3. The van der Waals surface area contributed by atoms with Crippen LogP contribution in [0.5, 0.6) is 5.06 Å². The summed E-state index contributed by atoms with van der Waals surface area (Å²) in [5, 5.41) is 4.71. The Balaban J connectivity index is 1.90. The van der Waals surface area contributed by atoms with Crippen molar-refractivity contribution in [1.82, 2.24) is 14.8 Å². The predicted octanol–water partition coefficient (Wildman–Crippen LogP) is 2.76. The van der Waals surface area contributed by atoms with Crippen molar-refractivity contribution in [2.45, 2.75) is 26.5 Å². The monoisotopic (exact) mass is 388 g/mol. The molecule has 3 rings (SSSR count). The Morgan fingerprint density at radius 3 is 2.59 bits per heavy atom. The zero-order valence-electron chi connectivity index (χ0n) is 14.7. The highest BCUT2D eigenvalue weighted by Crippen LogP contribution is 2.35. The quantitative estimate of drug-likeness (QED) is 0.700. The normalized spacial score (nSPS) is 11.0. The first-order valence-electron chi connectivity index (χ1n) is 8.13. The number of thiazole rings is 1. The summed E-state index contributed by atoms with van der Waals surface area (Å²) in [4.78, 5) is 27.5. The van der Waals surface area contributed by atoms with Crippen molar-refractivity contribution in [2.75, 3.05) is 0 Å². The van der Waals surface area contributed by atoms with Gasteiger partial charge in [-0.05, 0) is 44.2 Å². The van der Waals surface area contributed by atoms with Crippen LogP contribution in [0.25, 0.3) is 11.3 Å². The number of hydrogen-bond acceptors (Lipinski definition) is 6. The lowest BCUT2D eigenvalue weighted by atomic mass is 10.2. The van der Waals surface area contributed by atoms with E-state index in [1.807, 2.05) is 13.8 Å². The highest BCUT2D eigenvalue weighted by Gasteiger charge is 2.18. The molecule has 0 radical (unpaired) electrons. The van der Waals surface area contributed by atoms with E-state index in [9.17, 15) is 14.0 Å². The molecule has 3 aromatic rings. The van der Waals surface area contributed by atoms with Gasteiger partial charge < -0.3 is 10.5 Å². The van der Waals surface area contributed by atoms with Crippen LogP contribution >= 0.6 is 11.3 Å². The maximum absolute atomic E-state index is 13.2. The second-order valence-electron chi connectivity index (χ2n) is 6.02. The smallest absolute Gasteiger partial charge is 0.277 e. The van der Waals surface area contributed by atoms with Gasteiger partial charge in [-0.1, -0.05) is 11.3 Å². The third-order valence-electron chi connectivity index (χ3n) is 3.65. The van der Waals surface area contributed by atoms with E-state index < -0.39 is 5.91 Å². The molecular formula is C18H17FN4O3S. The topological polar surface area (TPSA) is 100 Å². The van der Waals surface area contributed by atoms with Gasteiger partial charge in [0.1, 0.15) is 18.1 Å². The SMILES string of the molecule is CC(C)n1nc(COc2sc(C(N)=O)nc2-c2ccc(F)cc2)ccc1=O. The summed E-state index contributed by atoms with van der Waals surface area (Å²) in [7, 11) is 0. The number of primary amides is 1. The Bertz CT molecular complexity index is 1030. The van der Waals surface area contributed by atoms with Crippen LogP contribution in [0.3, 0.4) is 0 Å². The van der Waals surface area contributed by atoms with Crippen molar-refractivity contribution in [2.24, 2.45) is 5.73 Å². The fourth-order valence-electron chi connectivity index (χ4n) is 2.35. The number of carbonyl (C=O) groups excluding carboxylic acids is 1. The van der Waals surface area contributed by atoms with Crippen LogP contribution in [0.2, 0.25) is 0 Å². The van der Waals surface area contributed by atoms with Crippen LogP contribution < -0.4 is 16.0 Å². The Kier molecular flexibility index (Phi) is 5.31. The van der Waals surface area contributed by atoms with Gasteiger partial charge in [-0.3, -0.25) is 9.59 Å². The van der Waals surface area contributed by atoms with Crippen molar-refractivity contribution in [3.8, 4) is 16.3 Å². The number of ether oxygens (including phenoxy) is 1. The molecule has 0 aliphatic rings. The van der Waals surface area contributed by atoms with Gasteiger partial charge in [0.05, 0.1) is 11.7 Å². The van der Waals surface area contributed by atoms with Crippen molar-refractivity contribution in [1.29, 1.82) is 0 Å². The molecule has 0 atom stereocenters. The average Bonchev–Trinajstić information content (AvgIpc) is 3.06. The summed E-state index contributed by atoms with van der Waals surface area (Å²) in [6.45, 7) is 3.78. The molecule has 2 N–H and O–H groups in total. The number of aromatic nitrogens is 3. The van der Waals surface area contributed by atoms with Crippen LogP contribution in [0.4, 0.5) is 4.39 Å². The summed E-state index contributed by atoms with van der Waals surface area (Å²) in [6, 6.07) is 8.59. The van der Waals surface area contributed by atoms with Crippen LogP contribution in [-0.2, 0) is 6.61 Å². The molecule has 27 heavy (non-hydrogen) atoms. The molecule has 2 aromatic heterocycles. The van der Waals surface area contributed by atoms with Crippen LogP contribution in [-0.4, -0.2) is 20.7 Å². The molecule has 1 amide bonds. The Morgan fingerprint density at radius 1 is 1.26 bits per heavy atom. The number of benzene rings is 1. The number of carbonyl (C=O) groups is 1. The van der Waals surface area contributed by atoms with Gasteiger partial charge >= 0.3 is 0 Å². The molecule has 7 nitrogen and oxygen atoms in total. The van der Waals surface area contributed by atoms with E-state index in [1.165, 1.54) is 22.9 Å². The van der Waals surface area contributed by atoms with Crippen molar-refractivity contribution in [3.63, 3.8) is 0 Å². The molecule has 0 saturated heterocycles. The number of rotatable bonds is 6. The first kappa shape index (κ1) is 18.7. The van der Waals surface area contributed by atoms with Gasteiger partial charge in [-0.2, -0.15) is 5.10 Å². The fraction of sp³-hybridized carbons (Fsp3) is 0.222.